The summed E-state index contributed by atoms with van der Waals surface area (Å²) < 4.78 is 11.1. The van der Waals surface area contributed by atoms with E-state index in [0.717, 1.165) is 48.8 Å². The molecule has 1 aromatic carbocycles. The van der Waals surface area contributed by atoms with Gasteiger partial charge in [0.2, 0.25) is 12.7 Å². The van der Waals surface area contributed by atoms with Crippen LogP contribution in [0.3, 0.4) is 0 Å². The molecule has 156 valence electrons. The number of aromatic nitrogens is 3. The third-order valence-electron chi connectivity index (χ3n) is 5.72. The molecule has 2 aliphatic rings. The Morgan fingerprint density at radius 3 is 2.87 bits per heavy atom. The van der Waals surface area contributed by atoms with Gasteiger partial charge in [-0.25, -0.2) is 15.0 Å². The second-order valence-electron chi connectivity index (χ2n) is 7.73. The second-order valence-corrected chi connectivity index (χ2v) is 7.73. The summed E-state index contributed by atoms with van der Waals surface area (Å²) in [6, 6.07) is 11.8. The zero-order chi connectivity index (χ0) is 21.2. The third-order valence-corrected chi connectivity index (χ3v) is 5.72. The average Bonchev–Trinajstić information content (AvgIpc) is 3.44. The van der Waals surface area contributed by atoms with Crippen LogP contribution in [0.1, 0.15) is 41.4 Å². The SMILES string of the molecule is Cc1cc2c(cc1CN1CCC[C@@H]1c1ccnc(Nc3ccc(C#N)nc3)n1)OCO2. The Kier molecular flexibility index (Phi) is 5.10. The van der Waals surface area contributed by atoms with Crippen LogP contribution in [0, 0.1) is 18.3 Å². The van der Waals surface area contributed by atoms with Gasteiger partial charge in [0.05, 0.1) is 23.6 Å². The van der Waals surface area contributed by atoms with E-state index in [1.54, 1.807) is 24.5 Å². The van der Waals surface area contributed by atoms with Crippen LogP contribution in [0.25, 0.3) is 0 Å². The van der Waals surface area contributed by atoms with Crippen molar-refractivity contribution in [2.24, 2.45) is 0 Å². The van der Waals surface area contributed by atoms with Crippen LogP contribution >= 0.6 is 0 Å². The summed E-state index contributed by atoms with van der Waals surface area (Å²) in [5.41, 5.74) is 4.56. The number of nitrogens with one attached hydrogen (secondary N) is 1. The van der Waals surface area contributed by atoms with Gasteiger partial charge in [0.15, 0.2) is 11.5 Å². The van der Waals surface area contributed by atoms with Crippen molar-refractivity contribution in [3.63, 3.8) is 0 Å². The first-order valence-electron chi connectivity index (χ1n) is 10.3. The molecule has 0 bridgehead atoms. The van der Waals surface area contributed by atoms with E-state index in [1.165, 1.54) is 11.1 Å². The second kappa shape index (κ2) is 8.20. The first-order valence-corrected chi connectivity index (χ1v) is 10.3. The summed E-state index contributed by atoms with van der Waals surface area (Å²) in [6.07, 6.45) is 5.57. The quantitative estimate of drug-likeness (QED) is 0.672. The molecule has 5 rings (SSSR count). The fourth-order valence-corrected chi connectivity index (χ4v) is 4.11. The van der Waals surface area contributed by atoms with E-state index in [0.29, 0.717) is 11.6 Å². The number of nitriles is 1. The van der Waals surface area contributed by atoms with Crippen LogP contribution < -0.4 is 14.8 Å². The maximum atomic E-state index is 8.89. The van der Waals surface area contributed by atoms with Gasteiger partial charge in [-0.2, -0.15) is 5.26 Å². The summed E-state index contributed by atoms with van der Waals surface area (Å²) in [6.45, 7) is 4.25. The summed E-state index contributed by atoms with van der Waals surface area (Å²) in [5.74, 6) is 2.17. The number of hydrogen-bond acceptors (Lipinski definition) is 8. The molecule has 0 amide bonds. The highest BCUT2D eigenvalue weighted by molar-refractivity contribution is 5.52. The molecule has 2 aromatic heterocycles. The van der Waals surface area contributed by atoms with Crippen LogP contribution in [0.15, 0.2) is 42.7 Å². The lowest BCUT2D eigenvalue weighted by Gasteiger charge is -2.25. The molecule has 0 unspecified atom stereocenters. The average molecular weight is 414 g/mol. The molecule has 8 nitrogen and oxygen atoms in total. The largest absolute Gasteiger partial charge is 0.454 e. The third kappa shape index (κ3) is 4.00. The van der Waals surface area contributed by atoms with Crippen LogP contribution in [0.2, 0.25) is 0 Å². The van der Waals surface area contributed by atoms with Crippen molar-refractivity contribution < 1.29 is 9.47 Å². The predicted octanol–water partition coefficient (Wildman–Crippen LogP) is 3.86. The monoisotopic (exact) mass is 414 g/mol. The molecular weight excluding hydrogens is 392 g/mol. The number of ether oxygens (including phenoxy) is 2. The van der Waals surface area contributed by atoms with Gasteiger partial charge in [-0.1, -0.05) is 0 Å². The Bertz CT molecular complexity index is 1140. The van der Waals surface area contributed by atoms with Gasteiger partial charge in [-0.15, -0.1) is 0 Å². The molecule has 2 aliphatic heterocycles. The molecule has 31 heavy (non-hydrogen) atoms. The zero-order valence-corrected chi connectivity index (χ0v) is 17.2. The van der Waals surface area contributed by atoms with E-state index in [2.05, 4.69) is 39.2 Å². The molecule has 3 aromatic rings. The Labute approximate surface area is 180 Å². The molecular formula is C23H22N6O2. The van der Waals surface area contributed by atoms with E-state index in [1.807, 2.05) is 12.1 Å². The van der Waals surface area contributed by atoms with Crippen molar-refractivity contribution in [3.05, 3.63) is 65.2 Å². The Hall–Kier alpha value is -3.70. The van der Waals surface area contributed by atoms with Crippen molar-refractivity contribution in [1.82, 2.24) is 19.9 Å². The topological polar surface area (TPSA) is 96.2 Å². The Balaban J connectivity index is 1.33. The van der Waals surface area contributed by atoms with E-state index in [-0.39, 0.29) is 12.8 Å². The maximum Gasteiger partial charge on any atom is 0.231 e. The number of pyridine rings is 1. The van der Waals surface area contributed by atoms with Crippen LogP contribution in [-0.2, 0) is 6.54 Å². The molecule has 1 atom stereocenters. The highest BCUT2D eigenvalue weighted by Gasteiger charge is 2.28. The number of likely N-dealkylation sites (tertiary alicyclic amines) is 1. The predicted molar refractivity (Wildman–Crippen MR) is 114 cm³/mol. The first kappa shape index (κ1) is 19.3. The van der Waals surface area contributed by atoms with Crippen LogP contribution in [0.4, 0.5) is 11.6 Å². The fourth-order valence-electron chi connectivity index (χ4n) is 4.11. The van der Waals surface area contributed by atoms with Crippen LogP contribution in [-0.4, -0.2) is 33.2 Å². The normalized spacial score (nSPS) is 17.5. The van der Waals surface area contributed by atoms with Crippen molar-refractivity contribution >= 4 is 11.6 Å². The Morgan fingerprint density at radius 1 is 1.19 bits per heavy atom. The summed E-state index contributed by atoms with van der Waals surface area (Å²) in [4.78, 5) is 15.6. The van der Waals surface area contributed by atoms with Crippen molar-refractivity contribution in [1.29, 1.82) is 5.26 Å². The summed E-state index contributed by atoms with van der Waals surface area (Å²) in [7, 11) is 0. The maximum absolute atomic E-state index is 8.89. The number of nitrogens with zero attached hydrogens (tertiary/aromatic N) is 5. The minimum atomic E-state index is 0.229. The zero-order valence-electron chi connectivity index (χ0n) is 17.2. The standard InChI is InChI=1S/C23H22N6O2/c1-15-9-21-22(31-14-30-21)10-16(15)13-29-8-2-3-20(29)19-6-7-25-23(28-19)27-18-5-4-17(11-24)26-12-18/h4-7,9-10,12,20H,2-3,8,13-14H2,1H3,(H,25,27,28)/t20-/m1/s1. The van der Waals surface area contributed by atoms with E-state index < -0.39 is 0 Å². The van der Waals surface area contributed by atoms with Gasteiger partial charge in [0.1, 0.15) is 11.8 Å². The fraction of sp³-hybridized carbons (Fsp3) is 0.304. The van der Waals surface area contributed by atoms with E-state index >= 15 is 0 Å². The lowest BCUT2D eigenvalue weighted by molar-refractivity contribution is 0.174. The number of rotatable bonds is 5. The smallest absolute Gasteiger partial charge is 0.231 e. The highest BCUT2D eigenvalue weighted by Crippen LogP contribution is 2.37. The lowest BCUT2D eigenvalue weighted by Crippen LogP contribution is -2.24. The molecule has 0 radical (unpaired) electrons. The van der Waals surface area contributed by atoms with E-state index in [4.69, 9.17) is 19.7 Å². The summed E-state index contributed by atoms with van der Waals surface area (Å²) >= 11 is 0. The van der Waals surface area contributed by atoms with E-state index in [9.17, 15) is 0 Å². The molecule has 0 saturated carbocycles. The molecule has 0 spiro atoms. The molecule has 1 N–H and O–H groups in total. The van der Waals surface area contributed by atoms with Gasteiger partial charge in [0.25, 0.3) is 0 Å². The van der Waals surface area contributed by atoms with Gasteiger partial charge in [0, 0.05) is 12.7 Å². The Morgan fingerprint density at radius 2 is 2.06 bits per heavy atom. The number of hydrogen-bond donors (Lipinski definition) is 1. The van der Waals surface area contributed by atoms with Crippen molar-refractivity contribution in [3.8, 4) is 17.6 Å². The molecule has 1 fully saturated rings. The number of fused-ring (bicyclic) bond motifs is 1. The number of benzene rings is 1. The van der Waals surface area contributed by atoms with Crippen molar-refractivity contribution in [2.75, 3.05) is 18.7 Å². The molecule has 1 saturated heterocycles. The molecule has 4 heterocycles. The van der Waals surface area contributed by atoms with Gasteiger partial charge in [-0.3, -0.25) is 4.90 Å². The van der Waals surface area contributed by atoms with Gasteiger partial charge >= 0.3 is 0 Å². The minimum absolute atomic E-state index is 0.229. The van der Waals surface area contributed by atoms with Crippen molar-refractivity contribution in [2.45, 2.75) is 32.4 Å². The molecule has 8 heteroatoms. The summed E-state index contributed by atoms with van der Waals surface area (Å²) in [5, 5.41) is 12.1. The van der Waals surface area contributed by atoms with Crippen LogP contribution in [0.5, 0.6) is 11.5 Å². The minimum Gasteiger partial charge on any atom is -0.454 e. The number of aryl methyl sites for hydroxylation is 1. The molecule has 0 aliphatic carbocycles. The number of anilines is 2. The highest BCUT2D eigenvalue weighted by atomic mass is 16.7. The van der Waals surface area contributed by atoms with Gasteiger partial charge in [-0.05, 0) is 67.8 Å². The van der Waals surface area contributed by atoms with Gasteiger partial charge < -0.3 is 14.8 Å². The first-order chi connectivity index (χ1) is 15.2. The lowest BCUT2D eigenvalue weighted by atomic mass is 10.1.